The Morgan fingerprint density at radius 3 is 2.65 bits per heavy atom. The van der Waals surface area contributed by atoms with Crippen LogP contribution in [0.25, 0.3) is 0 Å². The molecule has 3 rings (SSSR count). The predicted octanol–water partition coefficient (Wildman–Crippen LogP) is 1.96. The fraction of sp³-hybridized carbons (Fsp3) is 0.667. The van der Waals surface area contributed by atoms with E-state index in [1.165, 1.54) is 12.8 Å². The van der Waals surface area contributed by atoms with Gasteiger partial charge in [0.05, 0.1) is 17.8 Å². The quantitative estimate of drug-likeness (QED) is 0.827. The Kier molecular flexibility index (Phi) is 3.47. The third-order valence-corrected chi connectivity index (χ3v) is 4.64. The van der Waals surface area contributed by atoms with Crippen LogP contribution < -0.4 is 0 Å². The van der Waals surface area contributed by atoms with Gasteiger partial charge in [-0.3, -0.25) is 9.48 Å². The van der Waals surface area contributed by atoms with Gasteiger partial charge in [-0.15, -0.1) is 0 Å². The summed E-state index contributed by atoms with van der Waals surface area (Å²) in [5.41, 5.74) is 0.580. The zero-order valence-corrected chi connectivity index (χ0v) is 11.8. The van der Waals surface area contributed by atoms with Gasteiger partial charge in [-0.1, -0.05) is 6.92 Å². The van der Waals surface area contributed by atoms with Gasteiger partial charge >= 0.3 is 0 Å². The number of aromatic nitrogens is 2. The van der Waals surface area contributed by atoms with Crippen LogP contribution in [0, 0.1) is 23.2 Å². The van der Waals surface area contributed by atoms with Gasteiger partial charge in [-0.05, 0) is 31.6 Å². The number of amides is 1. The third-order valence-electron chi connectivity index (χ3n) is 4.64. The fourth-order valence-corrected chi connectivity index (χ4v) is 3.16. The van der Waals surface area contributed by atoms with Crippen molar-refractivity contribution in [2.24, 2.45) is 11.8 Å². The van der Waals surface area contributed by atoms with E-state index >= 15 is 0 Å². The highest BCUT2D eigenvalue weighted by atomic mass is 16.2. The van der Waals surface area contributed by atoms with Crippen molar-refractivity contribution in [2.45, 2.75) is 38.6 Å². The van der Waals surface area contributed by atoms with Crippen molar-refractivity contribution in [3.05, 3.63) is 18.0 Å². The normalized spacial score (nSPS) is 26.9. The molecule has 2 fully saturated rings. The number of rotatable bonds is 2. The summed E-state index contributed by atoms with van der Waals surface area (Å²) < 4.78 is 1.81. The summed E-state index contributed by atoms with van der Waals surface area (Å²) in [7, 11) is 0. The topological polar surface area (TPSA) is 61.9 Å². The van der Waals surface area contributed by atoms with E-state index in [0.717, 1.165) is 31.8 Å². The summed E-state index contributed by atoms with van der Waals surface area (Å²) in [6, 6.07) is 2.32. The number of carbonyl (C=O) groups excluding carboxylic acids is 1. The minimum atomic E-state index is 0.236. The van der Waals surface area contributed by atoms with Crippen molar-refractivity contribution in [3.8, 4) is 6.07 Å². The maximum atomic E-state index is 12.4. The van der Waals surface area contributed by atoms with Crippen LogP contribution >= 0.6 is 0 Å². The number of likely N-dealkylation sites (tertiary alicyclic amines) is 1. The highest BCUT2D eigenvalue weighted by molar-refractivity contribution is 5.79. The maximum absolute atomic E-state index is 12.4. The van der Waals surface area contributed by atoms with Gasteiger partial charge in [0.15, 0.2) is 0 Å². The summed E-state index contributed by atoms with van der Waals surface area (Å²) in [5.74, 6) is 1.33. The molecule has 0 atom stereocenters. The zero-order chi connectivity index (χ0) is 14.1. The van der Waals surface area contributed by atoms with Gasteiger partial charge in [-0.2, -0.15) is 10.4 Å². The summed E-state index contributed by atoms with van der Waals surface area (Å²) in [5, 5.41) is 13.0. The lowest BCUT2D eigenvalue weighted by atomic mass is 9.82. The molecule has 1 aromatic heterocycles. The summed E-state index contributed by atoms with van der Waals surface area (Å²) in [6.45, 7) is 3.74. The average molecular weight is 272 g/mol. The standard InChI is InChI=1S/C15H20N4O/c1-11-2-4-13(5-3-11)15(20)18-9-14(10-18)19-8-12(6-16)7-17-19/h7-8,11,13-14H,2-5,9-10H2,1H3. The molecule has 5 nitrogen and oxygen atoms in total. The number of nitriles is 1. The molecule has 0 spiro atoms. The van der Waals surface area contributed by atoms with Crippen LogP contribution in [0.1, 0.15) is 44.2 Å². The summed E-state index contributed by atoms with van der Waals surface area (Å²) >= 11 is 0. The molecule has 0 bridgehead atoms. The monoisotopic (exact) mass is 272 g/mol. The van der Waals surface area contributed by atoms with Gasteiger partial charge < -0.3 is 4.90 Å². The van der Waals surface area contributed by atoms with Gasteiger partial charge in [0.2, 0.25) is 5.91 Å². The molecule has 5 heteroatoms. The van der Waals surface area contributed by atoms with E-state index in [0.29, 0.717) is 11.5 Å². The van der Waals surface area contributed by atoms with Crippen molar-refractivity contribution in [2.75, 3.05) is 13.1 Å². The molecule has 1 saturated heterocycles. The minimum Gasteiger partial charge on any atom is -0.338 e. The molecule has 1 aliphatic heterocycles. The van der Waals surface area contributed by atoms with E-state index in [9.17, 15) is 4.79 Å². The van der Waals surface area contributed by atoms with Crippen LogP contribution in [0.4, 0.5) is 0 Å². The minimum absolute atomic E-state index is 0.236. The van der Waals surface area contributed by atoms with E-state index in [1.807, 2.05) is 9.58 Å². The van der Waals surface area contributed by atoms with E-state index in [4.69, 9.17) is 5.26 Å². The van der Waals surface area contributed by atoms with Crippen LogP contribution in [0.5, 0.6) is 0 Å². The molecule has 0 unspecified atom stereocenters. The average Bonchev–Trinajstić information content (AvgIpc) is 2.86. The number of hydrogen-bond acceptors (Lipinski definition) is 3. The number of nitrogens with zero attached hydrogens (tertiary/aromatic N) is 4. The first-order valence-corrected chi connectivity index (χ1v) is 7.40. The largest absolute Gasteiger partial charge is 0.338 e. The Bertz CT molecular complexity index is 530. The summed E-state index contributed by atoms with van der Waals surface area (Å²) in [4.78, 5) is 14.3. The second-order valence-corrected chi connectivity index (χ2v) is 6.17. The molecule has 1 saturated carbocycles. The third kappa shape index (κ3) is 2.43. The first-order valence-electron chi connectivity index (χ1n) is 7.40. The van der Waals surface area contributed by atoms with Crippen LogP contribution in [0.3, 0.4) is 0 Å². The van der Waals surface area contributed by atoms with Crippen molar-refractivity contribution in [1.82, 2.24) is 14.7 Å². The first kappa shape index (κ1) is 13.2. The molecule has 0 aromatic carbocycles. The van der Waals surface area contributed by atoms with Crippen LogP contribution in [0.2, 0.25) is 0 Å². The predicted molar refractivity (Wildman–Crippen MR) is 73.7 cm³/mol. The van der Waals surface area contributed by atoms with E-state index in [-0.39, 0.29) is 12.0 Å². The lowest BCUT2D eigenvalue weighted by Crippen LogP contribution is -2.53. The molecular weight excluding hydrogens is 252 g/mol. The van der Waals surface area contributed by atoms with Gasteiger partial charge in [0.25, 0.3) is 0 Å². The lowest BCUT2D eigenvalue weighted by Gasteiger charge is -2.41. The molecule has 1 amide bonds. The van der Waals surface area contributed by atoms with Crippen LogP contribution in [-0.2, 0) is 4.79 Å². The molecule has 2 heterocycles. The Morgan fingerprint density at radius 1 is 1.35 bits per heavy atom. The molecule has 20 heavy (non-hydrogen) atoms. The maximum Gasteiger partial charge on any atom is 0.225 e. The Balaban J connectivity index is 1.52. The second kappa shape index (κ2) is 5.28. The van der Waals surface area contributed by atoms with Gasteiger partial charge in [0.1, 0.15) is 6.07 Å². The molecule has 1 aromatic rings. The lowest BCUT2D eigenvalue weighted by molar-refractivity contribution is -0.143. The number of hydrogen-bond donors (Lipinski definition) is 0. The van der Waals surface area contributed by atoms with Gasteiger partial charge in [0, 0.05) is 25.2 Å². The molecule has 1 aliphatic carbocycles. The summed E-state index contributed by atoms with van der Waals surface area (Å²) in [6.07, 6.45) is 7.78. The van der Waals surface area contributed by atoms with E-state index < -0.39 is 0 Å². The van der Waals surface area contributed by atoms with Crippen molar-refractivity contribution < 1.29 is 4.79 Å². The first-order chi connectivity index (χ1) is 9.67. The molecular formula is C15H20N4O. The molecule has 0 radical (unpaired) electrons. The van der Waals surface area contributed by atoms with E-state index in [1.54, 1.807) is 12.4 Å². The Morgan fingerprint density at radius 2 is 2.05 bits per heavy atom. The highest BCUT2D eigenvalue weighted by Gasteiger charge is 2.36. The zero-order valence-electron chi connectivity index (χ0n) is 11.8. The number of carbonyl (C=O) groups is 1. The molecule has 2 aliphatic rings. The highest BCUT2D eigenvalue weighted by Crippen LogP contribution is 2.32. The van der Waals surface area contributed by atoms with Crippen LogP contribution in [-0.4, -0.2) is 33.7 Å². The van der Waals surface area contributed by atoms with Gasteiger partial charge in [-0.25, -0.2) is 0 Å². The van der Waals surface area contributed by atoms with Crippen molar-refractivity contribution in [3.63, 3.8) is 0 Å². The molecule has 106 valence electrons. The fourth-order valence-electron chi connectivity index (χ4n) is 3.16. The van der Waals surface area contributed by atoms with Crippen molar-refractivity contribution in [1.29, 1.82) is 5.26 Å². The Labute approximate surface area is 119 Å². The SMILES string of the molecule is CC1CCC(C(=O)N2CC(n3cc(C#N)cn3)C2)CC1. The Hall–Kier alpha value is -1.83. The van der Waals surface area contributed by atoms with Crippen molar-refractivity contribution >= 4 is 5.91 Å². The smallest absolute Gasteiger partial charge is 0.225 e. The van der Waals surface area contributed by atoms with E-state index in [2.05, 4.69) is 18.1 Å². The molecule has 0 N–H and O–H groups in total. The second-order valence-electron chi connectivity index (χ2n) is 6.17. The van der Waals surface area contributed by atoms with Crippen LogP contribution in [0.15, 0.2) is 12.4 Å².